The van der Waals surface area contributed by atoms with Gasteiger partial charge < -0.3 is 24.3 Å². The fraction of sp³-hybridized carbons (Fsp3) is 0.276. The van der Waals surface area contributed by atoms with Gasteiger partial charge in [-0.15, -0.1) is 0 Å². The summed E-state index contributed by atoms with van der Waals surface area (Å²) in [5, 5.41) is 2.72. The van der Waals surface area contributed by atoms with Gasteiger partial charge in [0, 0.05) is 12.1 Å². The minimum Gasteiger partial charge on any atom is -0.494 e. The summed E-state index contributed by atoms with van der Waals surface area (Å²) in [6.07, 6.45) is 0.0420. The van der Waals surface area contributed by atoms with Crippen molar-refractivity contribution in [2.24, 2.45) is 4.99 Å². The first-order valence-corrected chi connectivity index (χ1v) is 13.6. The molecule has 1 atom stereocenters. The summed E-state index contributed by atoms with van der Waals surface area (Å²) in [5.41, 5.74) is 2.14. The van der Waals surface area contributed by atoms with Crippen molar-refractivity contribution in [3.8, 4) is 23.0 Å². The molecule has 39 heavy (non-hydrogen) atoms. The zero-order chi connectivity index (χ0) is 27.2. The Hall–Kier alpha value is -4.18. The summed E-state index contributed by atoms with van der Waals surface area (Å²) in [5.74, 6) is 2.32. The van der Waals surface area contributed by atoms with E-state index in [0.717, 1.165) is 17.1 Å². The highest BCUT2D eigenvalue weighted by atomic mass is 32.2. The Labute approximate surface area is 231 Å². The van der Waals surface area contributed by atoms with Crippen LogP contribution in [0.2, 0.25) is 0 Å². The zero-order valence-electron chi connectivity index (χ0n) is 21.7. The second-order valence-corrected chi connectivity index (χ2v) is 9.92. The first-order chi connectivity index (χ1) is 19.0. The molecule has 2 heterocycles. The van der Waals surface area contributed by atoms with Gasteiger partial charge in [-0.3, -0.25) is 14.5 Å². The lowest BCUT2D eigenvalue weighted by Crippen LogP contribution is -2.44. The van der Waals surface area contributed by atoms with E-state index in [0.29, 0.717) is 41.3 Å². The van der Waals surface area contributed by atoms with Gasteiger partial charge in [0.1, 0.15) is 16.7 Å². The highest BCUT2D eigenvalue weighted by Gasteiger charge is 2.36. The molecule has 1 N–H and O–H groups in total. The quantitative estimate of drug-likeness (QED) is 0.384. The lowest BCUT2D eigenvalue weighted by Gasteiger charge is -2.32. The Balaban J connectivity index is 1.37. The number of nitrogens with zero attached hydrogens (tertiary/aromatic N) is 2. The molecule has 2 aliphatic rings. The number of aliphatic imine (C=N–C) groups is 1. The van der Waals surface area contributed by atoms with E-state index in [-0.39, 0.29) is 31.6 Å². The molecule has 0 radical (unpaired) electrons. The molecule has 0 spiro atoms. The predicted octanol–water partition coefficient (Wildman–Crippen LogP) is 5.37. The van der Waals surface area contributed by atoms with Gasteiger partial charge in [0.25, 0.3) is 0 Å². The van der Waals surface area contributed by atoms with Gasteiger partial charge in [0.2, 0.25) is 18.6 Å². The number of carbonyl (C=O) groups is 2. The van der Waals surface area contributed by atoms with Crippen LogP contribution in [0.4, 0.5) is 11.4 Å². The molecule has 3 aromatic carbocycles. The molecule has 0 aromatic heterocycles. The van der Waals surface area contributed by atoms with Crippen LogP contribution in [0.5, 0.6) is 23.0 Å². The standard InChI is InChI=1S/C29H29N3O6S/c1-3-35-22-10-6-20(7-11-22)30-28(34)26-16-27(33)32(17-19-5-14-24-25(15-19)38-18-37-24)29(39-26)31-21-8-12-23(13-9-21)36-4-2/h5-15,26H,3-4,16-18H2,1-2H3,(H,30,34). The number of hydrogen-bond acceptors (Lipinski definition) is 8. The van der Waals surface area contributed by atoms with Crippen LogP contribution >= 0.6 is 11.8 Å². The molecule has 0 bridgehead atoms. The number of ether oxygens (including phenoxy) is 4. The van der Waals surface area contributed by atoms with Gasteiger partial charge >= 0.3 is 0 Å². The predicted molar refractivity (Wildman–Crippen MR) is 150 cm³/mol. The third kappa shape index (κ3) is 6.46. The molecule has 2 amide bonds. The molecule has 0 aliphatic carbocycles. The number of fused-ring (bicyclic) bond motifs is 1. The fourth-order valence-electron chi connectivity index (χ4n) is 4.14. The molecule has 10 heteroatoms. The number of thioether (sulfide) groups is 1. The average Bonchev–Trinajstić information content (AvgIpc) is 3.41. The van der Waals surface area contributed by atoms with Crippen molar-refractivity contribution < 1.29 is 28.5 Å². The largest absolute Gasteiger partial charge is 0.494 e. The molecule has 5 rings (SSSR count). The van der Waals surface area contributed by atoms with Gasteiger partial charge in [-0.05, 0) is 80.1 Å². The van der Waals surface area contributed by atoms with Crippen molar-refractivity contribution in [3.63, 3.8) is 0 Å². The van der Waals surface area contributed by atoms with E-state index < -0.39 is 5.25 Å². The van der Waals surface area contributed by atoms with Crippen molar-refractivity contribution in [1.82, 2.24) is 4.90 Å². The van der Waals surface area contributed by atoms with E-state index in [1.807, 2.05) is 56.3 Å². The van der Waals surface area contributed by atoms with Gasteiger partial charge in [-0.2, -0.15) is 0 Å². The van der Waals surface area contributed by atoms with E-state index in [4.69, 9.17) is 23.9 Å². The fourth-order valence-corrected chi connectivity index (χ4v) is 5.23. The highest BCUT2D eigenvalue weighted by molar-refractivity contribution is 8.15. The third-order valence-corrected chi connectivity index (χ3v) is 7.20. The number of anilines is 1. The minimum absolute atomic E-state index is 0.0420. The molecule has 2 aliphatic heterocycles. The topological polar surface area (TPSA) is 98.7 Å². The third-order valence-electron chi connectivity index (χ3n) is 6.02. The lowest BCUT2D eigenvalue weighted by atomic mass is 10.1. The van der Waals surface area contributed by atoms with Crippen LogP contribution in [0.3, 0.4) is 0 Å². The second kappa shape index (κ2) is 12.1. The first-order valence-electron chi connectivity index (χ1n) is 12.7. The van der Waals surface area contributed by atoms with Gasteiger partial charge in [0.05, 0.1) is 25.4 Å². The second-order valence-electron chi connectivity index (χ2n) is 8.75. The number of amides is 2. The maximum Gasteiger partial charge on any atom is 0.238 e. The van der Waals surface area contributed by atoms with Crippen molar-refractivity contribution in [1.29, 1.82) is 0 Å². The molecule has 0 saturated carbocycles. The molecule has 9 nitrogen and oxygen atoms in total. The molecule has 1 unspecified atom stereocenters. The van der Waals surface area contributed by atoms with Gasteiger partial charge in [-0.1, -0.05) is 17.8 Å². The van der Waals surface area contributed by atoms with E-state index in [1.54, 1.807) is 29.2 Å². The Bertz CT molecular complexity index is 1360. The van der Waals surface area contributed by atoms with Gasteiger partial charge in [0.15, 0.2) is 16.7 Å². The van der Waals surface area contributed by atoms with Crippen LogP contribution in [-0.4, -0.2) is 47.1 Å². The number of benzene rings is 3. The summed E-state index contributed by atoms with van der Waals surface area (Å²) >= 11 is 1.27. The van der Waals surface area contributed by atoms with E-state index in [1.165, 1.54) is 11.8 Å². The minimum atomic E-state index is -0.640. The number of nitrogens with one attached hydrogen (secondary N) is 1. The van der Waals surface area contributed by atoms with Crippen LogP contribution in [-0.2, 0) is 16.1 Å². The smallest absolute Gasteiger partial charge is 0.238 e. The molecular weight excluding hydrogens is 518 g/mol. The number of rotatable bonds is 9. The summed E-state index contributed by atoms with van der Waals surface area (Å²) in [7, 11) is 0. The van der Waals surface area contributed by atoms with Crippen LogP contribution in [0, 0.1) is 0 Å². The monoisotopic (exact) mass is 547 g/mol. The normalized spacial score (nSPS) is 17.3. The summed E-state index contributed by atoms with van der Waals surface area (Å²) in [6, 6.07) is 20.0. The molecule has 202 valence electrons. The Kier molecular flexibility index (Phi) is 8.21. The summed E-state index contributed by atoms with van der Waals surface area (Å²) in [4.78, 5) is 33.0. The molecular formula is C29H29N3O6S. The van der Waals surface area contributed by atoms with E-state index >= 15 is 0 Å². The number of hydrogen-bond donors (Lipinski definition) is 1. The number of carbonyl (C=O) groups excluding carboxylic acids is 2. The maximum absolute atomic E-state index is 13.4. The van der Waals surface area contributed by atoms with Crippen molar-refractivity contribution >= 4 is 40.1 Å². The molecule has 1 fully saturated rings. The maximum atomic E-state index is 13.4. The number of amidine groups is 1. The Morgan fingerprint density at radius 3 is 2.33 bits per heavy atom. The van der Waals surface area contributed by atoms with Crippen molar-refractivity contribution in [3.05, 3.63) is 72.3 Å². The lowest BCUT2D eigenvalue weighted by molar-refractivity contribution is -0.129. The Morgan fingerprint density at radius 2 is 1.64 bits per heavy atom. The summed E-state index contributed by atoms with van der Waals surface area (Å²) < 4.78 is 21.9. The van der Waals surface area contributed by atoms with E-state index in [2.05, 4.69) is 5.32 Å². The van der Waals surface area contributed by atoms with Crippen LogP contribution in [0.1, 0.15) is 25.8 Å². The SMILES string of the molecule is CCOc1ccc(N=C2SC(C(=O)Nc3ccc(OCC)cc3)CC(=O)N2Cc2ccc3c(c2)OCO3)cc1. The molecule has 3 aromatic rings. The van der Waals surface area contributed by atoms with Gasteiger partial charge in [-0.25, -0.2) is 4.99 Å². The van der Waals surface area contributed by atoms with Crippen LogP contribution in [0.25, 0.3) is 0 Å². The van der Waals surface area contributed by atoms with Crippen LogP contribution < -0.4 is 24.3 Å². The van der Waals surface area contributed by atoms with Crippen LogP contribution in [0.15, 0.2) is 71.7 Å². The molecule has 1 saturated heterocycles. The van der Waals surface area contributed by atoms with Crippen molar-refractivity contribution in [2.45, 2.75) is 32.1 Å². The Morgan fingerprint density at radius 1 is 0.974 bits per heavy atom. The van der Waals surface area contributed by atoms with Crippen molar-refractivity contribution in [2.75, 3.05) is 25.3 Å². The first kappa shape index (κ1) is 26.4. The van der Waals surface area contributed by atoms with E-state index in [9.17, 15) is 9.59 Å². The highest BCUT2D eigenvalue weighted by Crippen LogP contribution is 2.35. The zero-order valence-corrected chi connectivity index (χ0v) is 22.5. The summed E-state index contributed by atoms with van der Waals surface area (Å²) in [6.45, 7) is 5.41. The average molecular weight is 548 g/mol.